The third-order valence-electron chi connectivity index (χ3n) is 4.08. The first kappa shape index (κ1) is 17.1. The summed E-state index contributed by atoms with van der Waals surface area (Å²) in [4.78, 5) is 18.6. The minimum atomic E-state index is -0.387. The van der Waals surface area contributed by atoms with Gasteiger partial charge in [0.2, 0.25) is 0 Å². The number of pyridine rings is 1. The van der Waals surface area contributed by atoms with Gasteiger partial charge in [-0.2, -0.15) is 5.10 Å². The Morgan fingerprint density at radius 2 is 2.08 bits per heavy atom. The van der Waals surface area contributed by atoms with E-state index < -0.39 is 0 Å². The first-order valence-corrected chi connectivity index (χ1v) is 8.34. The molecule has 2 heterocycles. The second-order valence-corrected chi connectivity index (χ2v) is 6.26. The second-order valence-electron chi connectivity index (χ2n) is 6.26. The minimum absolute atomic E-state index is 0.183. The first-order chi connectivity index (χ1) is 12.0. The second kappa shape index (κ2) is 7.01. The molecule has 0 bridgehead atoms. The van der Waals surface area contributed by atoms with Crippen LogP contribution in [0, 0.1) is 5.82 Å². The van der Waals surface area contributed by atoms with Crippen LogP contribution in [0.25, 0.3) is 22.2 Å². The Bertz CT molecular complexity index is 917. The maximum Gasteiger partial charge on any atom is 0.254 e. The van der Waals surface area contributed by atoms with Crippen LogP contribution in [0.2, 0.25) is 0 Å². The monoisotopic (exact) mass is 340 g/mol. The summed E-state index contributed by atoms with van der Waals surface area (Å²) in [7, 11) is 3.35. The number of carbonyl (C=O) groups excluding carboxylic acids is 1. The van der Waals surface area contributed by atoms with E-state index in [9.17, 15) is 9.18 Å². The third kappa shape index (κ3) is 3.52. The molecule has 0 fully saturated rings. The van der Waals surface area contributed by atoms with Gasteiger partial charge in [-0.3, -0.25) is 9.48 Å². The zero-order valence-electron chi connectivity index (χ0n) is 14.7. The molecule has 0 saturated carbocycles. The number of nitrogens with zero attached hydrogens (tertiary/aromatic N) is 4. The van der Waals surface area contributed by atoms with Gasteiger partial charge in [-0.25, -0.2) is 9.37 Å². The fraction of sp³-hybridized carbons (Fsp3) is 0.316. The summed E-state index contributed by atoms with van der Waals surface area (Å²) >= 11 is 0. The lowest BCUT2D eigenvalue weighted by atomic mass is 10.0. The molecule has 5 nitrogen and oxygen atoms in total. The van der Waals surface area contributed by atoms with Crippen LogP contribution in [-0.2, 0) is 6.54 Å². The molecule has 0 aliphatic carbocycles. The van der Waals surface area contributed by atoms with Crippen molar-refractivity contribution in [1.29, 1.82) is 0 Å². The molecule has 0 spiro atoms. The number of rotatable bonds is 5. The van der Waals surface area contributed by atoms with Gasteiger partial charge >= 0.3 is 0 Å². The van der Waals surface area contributed by atoms with Crippen molar-refractivity contribution in [3.05, 3.63) is 48.0 Å². The topological polar surface area (TPSA) is 51.0 Å². The molecule has 1 amide bonds. The van der Waals surface area contributed by atoms with E-state index in [0.717, 1.165) is 24.9 Å². The Hall–Kier alpha value is -2.76. The molecule has 3 rings (SSSR count). The number of hydrogen-bond donors (Lipinski definition) is 0. The van der Waals surface area contributed by atoms with E-state index in [0.29, 0.717) is 22.2 Å². The largest absolute Gasteiger partial charge is 0.345 e. The fourth-order valence-electron chi connectivity index (χ4n) is 2.70. The highest BCUT2D eigenvalue weighted by Crippen LogP contribution is 2.26. The molecule has 1 aromatic carbocycles. The lowest BCUT2D eigenvalue weighted by molar-refractivity contribution is 0.0829. The van der Waals surface area contributed by atoms with Gasteiger partial charge in [0.15, 0.2) is 0 Å². The van der Waals surface area contributed by atoms with Crippen molar-refractivity contribution in [2.24, 2.45) is 0 Å². The minimum Gasteiger partial charge on any atom is -0.345 e. The summed E-state index contributed by atoms with van der Waals surface area (Å²) in [6.07, 6.45) is 5.82. The van der Waals surface area contributed by atoms with Gasteiger partial charge < -0.3 is 4.90 Å². The van der Waals surface area contributed by atoms with Gasteiger partial charge in [0.05, 0.1) is 23.0 Å². The number of amides is 1. The molecule has 0 unspecified atom stereocenters. The molecule has 0 aliphatic rings. The SMILES string of the molecule is CCCCn1cc(-c2cc(C(=O)N(C)C)c3cc(F)ccc3n2)cn1. The van der Waals surface area contributed by atoms with Crippen LogP contribution in [0.4, 0.5) is 4.39 Å². The summed E-state index contributed by atoms with van der Waals surface area (Å²) < 4.78 is 15.5. The average molecular weight is 340 g/mol. The highest BCUT2D eigenvalue weighted by Gasteiger charge is 2.16. The molecule has 0 aliphatic heterocycles. The Morgan fingerprint density at radius 1 is 1.28 bits per heavy atom. The van der Waals surface area contributed by atoms with Crippen LogP contribution < -0.4 is 0 Å². The van der Waals surface area contributed by atoms with Crippen LogP contribution in [-0.4, -0.2) is 39.7 Å². The number of fused-ring (bicyclic) bond motifs is 1. The number of carbonyl (C=O) groups is 1. The number of benzene rings is 1. The average Bonchev–Trinajstić information content (AvgIpc) is 3.07. The number of halogens is 1. The maximum absolute atomic E-state index is 13.7. The molecule has 0 atom stereocenters. The van der Waals surface area contributed by atoms with Crippen LogP contribution in [0.15, 0.2) is 36.7 Å². The highest BCUT2D eigenvalue weighted by atomic mass is 19.1. The van der Waals surface area contributed by atoms with Crippen molar-refractivity contribution in [2.45, 2.75) is 26.3 Å². The zero-order chi connectivity index (χ0) is 18.0. The van der Waals surface area contributed by atoms with Crippen LogP contribution in [0.5, 0.6) is 0 Å². The van der Waals surface area contributed by atoms with Crippen LogP contribution >= 0.6 is 0 Å². The third-order valence-corrected chi connectivity index (χ3v) is 4.08. The van der Waals surface area contributed by atoms with E-state index in [4.69, 9.17) is 0 Å². The molecule has 3 aromatic rings. The Balaban J connectivity index is 2.11. The summed E-state index contributed by atoms with van der Waals surface area (Å²) in [5.74, 6) is -0.570. The van der Waals surface area contributed by atoms with Crippen LogP contribution in [0.1, 0.15) is 30.1 Å². The quantitative estimate of drug-likeness (QED) is 0.711. The zero-order valence-corrected chi connectivity index (χ0v) is 14.7. The lowest BCUT2D eigenvalue weighted by Crippen LogP contribution is -2.22. The Kier molecular flexibility index (Phi) is 4.79. The number of hydrogen-bond acceptors (Lipinski definition) is 3. The van der Waals surface area contributed by atoms with E-state index >= 15 is 0 Å². The molecular weight excluding hydrogens is 319 g/mol. The van der Waals surface area contributed by atoms with Gasteiger partial charge in [0.1, 0.15) is 5.82 Å². The summed E-state index contributed by atoms with van der Waals surface area (Å²) in [5.41, 5.74) is 2.53. The summed E-state index contributed by atoms with van der Waals surface area (Å²) in [6, 6.07) is 6.02. The molecular formula is C19H21FN4O. The lowest BCUT2D eigenvalue weighted by Gasteiger charge is -2.13. The maximum atomic E-state index is 13.7. The van der Waals surface area contributed by atoms with E-state index in [1.807, 2.05) is 10.9 Å². The standard InChI is InChI=1S/C19H21FN4O/c1-4-5-8-24-12-13(11-21-24)18-10-16(19(25)23(2)3)15-9-14(20)6-7-17(15)22-18/h6-7,9-12H,4-5,8H2,1-3H3. The molecule has 2 aromatic heterocycles. The summed E-state index contributed by atoms with van der Waals surface area (Å²) in [5, 5.41) is 4.87. The Morgan fingerprint density at radius 3 is 2.80 bits per heavy atom. The van der Waals surface area contributed by atoms with Crippen molar-refractivity contribution in [3.63, 3.8) is 0 Å². The normalized spacial score (nSPS) is 11.0. The highest BCUT2D eigenvalue weighted by molar-refractivity contribution is 6.07. The van der Waals surface area contributed by atoms with E-state index in [2.05, 4.69) is 17.0 Å². The number of unbranched alkanes of at least 4 members (excludes halogenated alkanes) is 1. The van der Waals surface area contributed by atoms with E-state index in [1.165, 1.54) is 17.0 Å². The van der Waals surface area contributed by atoms with Gasteiger partial charge in [-0.05, 0) is 30.7 Å². The van der Waals surface area contributed by atoms with Crippen molar-refractivity contribution in [2.75, 3.05) is 14.1 Å². The van der Waals surface area contributed by atoms with E-state index in [1.54, 1.807) is 32.4 Å². The van der Waals surface area contributed by atoms with E-state index in [-0.39, 0.29) is 11.7 Å². The molecule has 0 radical (unpaired) electrons. The predicted molar refractivity (Wildman–Crippen MR) is 95.8 cm³/mol. The van der Waals surface area contributed by atoms with Crippen molar-refractivity contribution >= 4 is 16.8 Å². The smallest absolute Gasteiger partial charge is 0.254 e. The first-order valence-electron chi connectivity index (χ1n) is 8.34. The molecule has 0 saturated heterocycles. The summed E-state index contributed by atoms with van der Waals surface area (Å²) in [6.45, 7) is 2.98. The van der Waals surface area contributed by atoms with Gasteiger partial charge in [0.25, 0.3) is 5.91 Å². The van der Waals surface area contributed by atoms with Gasteiger partial charge in [-0.1, -0.05) is 13.3 Å². The van der Waals surface area contributed by atoms with Crippen LogP contribution in [0.3, 0.4) is 0 Å². The van der Waals surface area contributed by atoms with Crippen molar-refractivity contribution in [1.82, 2.24) is 19.7 Å². The Labute approximate surface area is 146 Å². The number of aromatic nitrogens is 3. The molecule has 130 valence electrons. The molecule has 25 heavy (non-hydrogen) atoms. The predicted octanol–water partition coefficient (Wildman–Crippen LogP) is 3.74. The van der Waals surface area contributed by atoms with Crippen molar-refractivity contribution < 1.29 is 9.18 Å². The molecule has 0 N–H and O–H groups in total. The van der Waals surface area contributed by atoms with Gasteiger partial charge in [0, 0.05) is 37.8 Å². The fourth-order valence-corrected chi connectivity index (χ4v) is 2.70. The van der Waals surface area contributed by atoms with Crippen molar-refractivity contribution in [3.8, 4) is 11.3 Å². The number of aryl methyl sites for hydroxylation is 1. The van der Waals surface area contributed by atoms with Gasteiger partial charge in [-0.15, -0.1) is 0 Å². The molecule has 6 heteroatoms.